The van der Waals surface area contributed by atoms with E-state index < -0.39 is 0 Å². The maximum Gasteiger partial charge on any atom is 0.224 e. The van der Waals surface area contributed by atoms with E-state index in [1.54, 1.807) is 13.3 Å². The molecule has 1 aromatic carbocycles. The molecule has 2 aromatic rings. The van der Waals surface area contributed by atoms with Crippen LogP contribution in [0.3, 0.4) is 0 Å². The zero-order valence-electron chi connectivity index (χ0n) is 15.0. The molecule has 0 spiro atoms. The number of para-hydroxylation sites is 1. The van der Waals surface area contributed by atoms with Gasteiger partial charge in [0.05, 0.1) is 18.5 Å². The summed E-state index contributed by atoms with van der Waals surface area (Å²) in [6.45, 7) is 3.31. The number of carbonyl (C=O) groups is 1. The quantitative estimate of drug-likeness (QED) is 0.783. The fourth-order valence-electron chi connectivity index (χ4n) is 3.47. The zero-order valence-corrected chi connectivity index (χ0v) is 16.6. The molecule has 0 aliphatic carbocycles. The summed E-state index contributed by atoms with van der Waals surface area (Å²) < 4.78 is 5.40. The van der Waals surface area contributed by atoms with Crippen molar-refractivity contribution < 1.29 is 9.53 Å². The lowest BCUT2D eigenvalue weighted by Gasteiger charge is -2.37. The van der Waals surface area contributed by atoms with Crippen molar-refractivity contribution in [3.8, 4) is 0 Å². The van der Waals surface area contributed by atoms with Crippen molar-refractivity contribution >= 4 is 41.6 Å². The highest BCUT2D eigenvalue weighted by Gasteiger charge is 2.32. The van der Waals surface area contributed by atoms with Crippen LogP contribution < -0.4 is 10.6 Å². The maximum absolute atomic E-state index is 12.4. The Morgan fingerprint density at radius 2 is 1.96 bits per heavy atom. The van der Waals surface area contributed by atoms with Gasteiger partial charge in [0.2, 0.25) is 5.91 Å². The summed E-state index contributed by atoms with van der Waals surface area (Å²) in [5, 5.41) is 7.55. The Labute approximate surface area is 167 Å². The molecular formula is C19H27Cl2N3O2. The van der Waals surface area contributed by atoms with Gasteiger partial charge in [-0.1, -0.05) is 24.3 Å². The van der Waals surface area contributed by atoms with Gasteiger partial charge in [-0.2, -0.15) is 0 Å². The van der Waals surface area contributed by atoms with Crippen LogP contribution in [0.1, 0.15) is 18.4 Å². The molecule has 0 radical (unpaired) electrons. The number of aromatic nitrogens is 1. The molecule has 1 fully saturated rings. The molecule has 1 aromatic heterocycles. The lowest BCUT2D eigenvalue weighted by atomic mass is 9.79. The summed E-state index contributed by atoms with van der Waals surface area (Å²) >= 11 is 0. The second kappa shape index (κ2) is 10.7. The second-order valence-corrected chi connectivity index (χ2v) is 6.63. The standard InChI is InChI=1S/C19H25N3O2.2ClH/c1-24-14-19(7-10-20-11-8-19)13-22-17(23)12-16-5-2-4-15-6-3-9-21-18(15)16;;/h2-6,9,20H,7-8,10-14H2,1H3,(H,22,23);2*1H. The first kappa shape index (κ1) is 22.6. The fourth-order valence-corrected chi connectivity index (χ4v) is 3.47. The molecule has 144 valence electrons. The number of nitrogens with zero attached hydrogens (tertiary/aromatic N) is 1. The van der Waals surface area contributed by atoms with Crippen molar-refractivity contribution in [3.05, 3.63) is 42.1 Å². The monoisotopic (exact) mass is 399 g/mol. The van der Waals surface area contributed by atoms with Crippen molar-refractivity contribution in [3.63, 3.8) is 0 Å². The highest BCUT2D eigenvalue weighted by Crippen LogP contribution is 2.28. The fraction of sp³-hybridized carbons (Fsp3) is 0.474. The Kier molecular flexibility index (Phi) is 9.30. The molecule has 1 aliphatic heterocycles. The van der Waals surface area contributed by atoms with Crippen LogP contribution in [0, 0.1) is 5.41 Å². The summed E-state index contributed by atoms with van der Waals surface area (Å²) in [4.78, 5) is 16.9. The van der Waals surface area contributed by atoms with Gasteiger partial charge in [0.15, 0.2) is 0 Å². The Hall–Kier alpha value is -1.40. The normalized spacial score (nSPS) is 15.6. The molecule has 2 heterocycles. The van der Waals surface area contributed by atoms with E-state index in [-0.39, 0.29) is 36.1 Å². The lowest BCUT2D eigenvalue weighted by Crippen LogP contribution is -2.47. The van der Waals surface area contributed by atoms with Gasteiger partial charge in [-0.3, -0.25) is 9.78 Å². The number of halogens is 2. The van der Waals surface area contributed by atoms with E-state index in [4.69, 9.17) is 4.74 Å². The molecule has 0 bridgehead atoms. The number of methoxy groups -OCH3 is 1. The van der Waals surface area contributed by atoms with Crippen LogP contribution in [0.25, 0.3) is 10.9 Å². The van der Waals surface area contributed by atoms with Crippen LogP contribution >= 0.6 is 24.8 Å². The number of rotatable bonds is 6. The molecule has 26 heavy (non-hydrogen) atoms. The van der Waals surface area contributed by atoms with Gasteiger partial charge in [0.1, 0.15) is 0 Å². The first-order valence-corrected chi connectivity index (χ1v) is 8.51. The van der Waals surface area contributed by atoms with E-state index in [0.717, 1.165) is 42.4 Å². The number of nitrogens with one attached hydrogen (secondary N) is 2. The van der Waals surface area contributed by atoms with Gasteiger partial charge in [-0.05, 0) is 37.6 Å². The van der Waals surface area contributed by atoms with Gasteiger partial charge in [-0.15, -0.1) is 24.8 Å². The number of ether oxygens (including phenoxy) is 1. The van der Waals surface area contributed by atoms with Crippen molar-refractivity contribution in [2.75, 3.05) is 33.4 Å². The molecule has 1 amide bonds. The van der Waals surface area contributed by atoms with Crippen LogP contribution in [0.15, 0.2) is 36.5 Å². The molecule has 0 saturated carbocycles. The molecule has 3 rings (SSSR count). The number of hydrogen-bond donors (Lipinski definition) is 2. The number of fused-ring (bicyclic) bond motifs is 1. The third-order valence-corrected chi connectivity index (χ3v) is 4.84. The predicted octanol–water partition coefficient (Wildman–Crippen LogP) is 2.75. The van der Waals surface area contributed by atoms with E-state index in [1.807, 2.05) is 30.3 Å². The molecule has 5 nitrogen and oxygen atoms in total. The Balaban J connectivity index is 0.00000169. The molecule has 1 aliphatic rings. The van der Waals surface area contributed by atoms with Crippen molar-refractivity contribution in [1.82, 2.24) is 15.6 Å². The van der Waals surface area contributed by atoms with Gasteiger partial charge < -0.3 is 15.4 Å². The molecule has 2 N–H and O–H groups in total. The first-order valence-electron chi connectivity index (χ1n) is 8.51. The minimum atomic E-state index is 0. The number of amides is 1. The van der Waals surface area contributed by atoms with E-state index in [2.05, 4.69) is 15.6 Å². The van der Waals surface area contributed by atoms with Crippen LogP contribution in [-0.2, 0) is 16.0 Å². The Morgan fingerprint density at radius 1 is 1.23 bits per heavy atom. The summed E-state index contributed by atoms with van der Waals surface area (Å²) in [6, 6.07) is 9.91. The van der Waals surface area contributed by atoms with Gasteiger partial charge in [-0.25, -0.2) is 0 Å². The Bertz CT molecular complexity index is 695. The molecule has 7 heteroatoms. The smallest absolute Gasteiger partial charge is 0.224 e. The van der Waals surface area contributed by atoms with Crippen molar-refractivity contribution in [2.24, 2.45) is 5.41 Å². The summed E-state index contributed by atoms with van der Waals surface area (Å²) in [5.74, 6) is 0.0437. The van der Waals surface area contributed by atoms with E-state index >= 15 is 0 Å². The third-order valence-electron chi connectivity index (χ3n) is 4.84. The Morgan fingerprint density at radius 3 is 2.69 bits per heavy atom. The van der Waals surface area contributed by atoms with Crippen LogP contribution in [0.2, 0.25) is 0 Å². The minimum Gasteiger partial charge on any atom is -0.384 e. The van der Waals surface area contributed by atoms with E-state index in [1.165, 1.54) is 0 Å². The number of piperidine rings is 1. The predicted molar refractivity (Wildman–Crippen MR) is 109 cm³/mol. The lowest BCUT2D eigenvalue weighted by molar-refractivity contribution is -0.121. The van der Waals surface area contributed by atoms with Gasteiger partial charge in [0.25, 0.3) is 0 Å². The number of carbonyl (C=O) groups excluding carboxylic acids is 1. The van der Waals surface area contributed by atoms with E-state index in [9.17, 15) is 4.79 Å². The van der Waals surface area contributed by atoms with Gasteiger partial charge in [0, 0.05) is 30.7 Å². The summed E-state index contributed by atoms with van der Waals surface area (Å²) in [7, 11) is 1.73. The molecule has 0 unspecified atom stereocenters. The topological polar surface area (TPSA) is 63.2 Å². The summed E-state index contributed by atoms with van der Waals surface area (Å²) in [6.07, 6.45) is 4.18. The summed E-state index contributed by atoms with van der Waals surface area (Å²) in [5.41, 5.74) is 1.92. The zero-order chi connectivity index (χ0) is 16.8. The highest BCUT2D eigenvalue weighted by atomic mass is 35.5. The third kappa shape index (κ3) is 5.55. The van der Waals surface area contributed by atoms with Crippen molar-refractivity contribution in [1.29, 1.82) is 0 Å². The first-order chi connectivity index (χ1) is 11.7. The second-order valence-electron chi connectivity index (χ2n) is 6.63. The SMILES string of the molecule is COCC1(CNC(=O)Cc2cccc3cccnc23)CCNCC1.Cl.Cl. The van der Waals surface area contributed by atoms with E-state index in [0.29, 0.717) is 19.6 Å². The molecule has 1 saturated heterocycles. The van der Waals surface area contributed by atoms with Crippen molar-refractivity contribution in [2.45, 2.75) is 19.3 Å². The highest BCUT2D eigenvalue weighted by molar-refractivity contribution is 5.87. The number of pyridine rings is 1. The van der Waals surface area contributed by atoms with Gasteiger partial charge >= 0.3 is 0 Å². The average Bonchev–Trinajstić information content (AvgIpc) is 2.62. The minimum absolute atomic E-state index is 0. The molecular weight excluding hydrogens is 373 g/mol. The van der Waals surface area contributed by atoms with Crippen LogP contribution in [0.5, 0.6) is 0 Å². The number of hydrogen-bond acceptors (Lipinski definition) is 4. The average molecular weight is 400 g/mol. The van der Waals surface area contributed by atoms with Crippen LogP contribution in [0.4, 0.5) is 0 Å². The molecule has 0 atom stereocenters. The largest absolute Gasteiger partial charge is 0.384 e. The maximum atomic E-state index is 12.4. The van der Waals surface area contributed by atoms with Crippen LogP contribution in [-0.4, -0.2) is 44.2 Å². The number of benzene rings is 1.